The summed E-state index contributed by atoms with van der Waals surface area (Å²) in [5.41, 5.74) is 1.96. The monoisotopic (exact) mass is 381 g/mol. The third kappa shape index (κ3) is 5.11. The van der Waals surface area contributed by atoms with Crippen LogP contribution in [-0.4, -0.2) is 27.3 Å². The lowest BCUT2D eigenvalue weighted by molar-refractivity contribution is 0.102. The van der Waals surface area contributed by atoms with Crippen molar-refractivity contribution >= 4 is 34.3 Å². The molecule has 138 valence electrons. The zero-order valence-electron chi connectivity index (χ0n) is 14.9. The van der Waals surface area contributed by atoms with Gasteiger partial charge in [0.1, 0.15) is 0 Å². The van der Waals surface area contributed by atoms with Crippen LogP contribution in [0.25, 0.3) is 11.4 Å². The molecule has 0 radical (unpaired) electrons. The number of rotatable bonds is 5. The smallest absolute Gasteiger partial charge is 0.319 e. The summed E-state index contributed by atoms with van der Waals surface area (Å²) in [5, 5.41) is 8.61. The Morgan fingerprint density at radius 3 is 2.33 bits per heavy atom. The second-order valence-corrected chi connectivity index (χ2v) is 6.83. The molecule has 3 amide bonds. The summed E-state index contributed by atoms with van der Waals surface area (Å²) in [7, 11) is 0. The van der Waals surface area contributed by atoms with Crippen LogP contribution in [0.4, 0.5) is 15.6 Å². The van der Waals surface area contributed by atoms with Gasteiger partial charge < -0.3 is 10.6 Å². The highest BCUT2D eigenvalue weighted by molar-refractivity contribution is 7.10. The van der Waals surface area contributed by atoms with Crippen molar-refractivity contribution in [2.45, 2.75) is 19.9 Å². The van der Waals surface area contributed by atoms with Crippen LogP contribution in [0, 0.1) is 0 Å². The van der Waals surface area contributed by atoms with Crippen LogP contribution in [0.1, 0.15) is 24.2 Å². The summed E-state index contributed by atoms with van der Waals surface area (Å²) >= 11 is 1.13. The molecule has 1 heterocycles. The molecule has 0 bridgehead atoms. The molecule has 0 aliphatic carbocycles. The number of hydrogen-bond acceptors (Lipinski definition) is 5. The number of anilines is 2. The maximum absolute atomic E-state index is 12.4. The Morgan fingerprint density at radius 1 is 0.963 bits per heavy atom. The molecule has 0 fully saturated rings. The maximum atomic E-state index is 12.4. The van der Waals surface area contributed by atoms with Gasteiger partial charge in [0.05, 0.1) is 0 Å². The maximum Gasteiger partial charge on any atom is 0.319 e. The van der Waals surface area contributed by atoms with E-state index in [-0.39, 0.29) is 18.0 Å². The van der Waals surface area contributed by atoms with Crippen LogP contribution in [0.2, 0.25) is 0 Å². The first-order valence-corrected chi connectivity index (χ1v) is 9.16. The SMILES string of the molecule is CC(C)NC(=O)Nc1ccc(C(=O)Nc2nc(-c3ccccc3)ns2)cc1. The van der Waals surface area contributed by atoms with Crippen LogP contribution in [-0.2, 0) is 0 Å². The highest BCUT2D eigenvalue weighted by atomic mass is 32.1. The number of amides is 3. The quantitative estimate of drug-likeness (QED) is 0.623. The molecule has 7 nitrogen and oxygen atoms in total. The van der Waals surface area contributed by atoms with Gasteiger partial charge in [0.15, 0.2) is 5.82 Å². The van der Waals surface area contributed by atoms with Crippen molar-refractivity contribution < 1.29 is 9.59 Å². The molecule has 0 aliphatic rings. The fraction of sp³-hybridized carbons (Fsp3) is 0.158. The lowest BCUT2D eigenvalue weighted by atomic mass is 10.2. The van der Waals surface area contributed by atoms with Gasteiger partial charge in [-0.15, -0.1) is 0 Å². The molecule has 0 aliphatic heterocycles. The van der Waals surface area contributed by atoms with Gasteiger partial charge in [-0.25, -0.2) is 4.79 Å². The number of benzene rings is 2. The fourth-order valence-corrected chi connectivity index (χ4v) is 2.87. The predicted molar refractivity (Wildman–Crippen MR) is 107 cm³/mol. The first kappa shape index (κ1) is 18.5. The summed E-state index contributed by atoms with van der Waals surface area (Å²) in [6, 6.07) is 15.9. The average Bonchev–Trinajstić information content (AvgIpc) is 3.11. The molecular weight excluding hydrogens is 362 g/mol. The Hall–Kier alpha value is -3.26. The van der Waals surface area contributed by atoms with E-state index in [4.69, 9.17) is 0 Å². The van der Waals surface area contributed by atoms with Crippen molar-refractivity contribution in [2.75, 3.05) is 10.6 Å². The molecule has 0 unspecified atom stereocenters. The number of nitrogens with zero attached hydrogens (tertiary/aromatic N) is 2. The minimum Gasteiger partial charge on any atom is -0.336 e. The largest absolute Gasteiger partial charge is 0.336 e. The summed E-state index contributed by atoms with van der Waals surface area (Å²) in [4.78, 5) is 28.4. The number of aromatic nitrogens is 2. The van der Waals surface area contributed by atoms with Crippen molar-refractivity contribution in [3.05, 3.63) is 60.2 Å². The molecule has 0 saturated carbocycles. The topological polar surface area (TPSA) is 96.0 Å². The van der Waals surface area contributed by atoms with Crippen molar-refractivity contribution in [3.8, 4) is 11.4 Å². The lowest BCUT2D eigenvalue weighted by Gasteiger charge is -2.10. The van der Waals surface area contributed by atoms with E-state index in [2.05, 4.69) is 25.3 Å². The summed E-state index contributed by atoms with van der Waals surface area (Å²) in [6.07, 6.45) is 0. The van der Waals surface area contributed by atoms with Crippen LogP contribution >= 0.6 is 11.5 Å². The zero-order valence-corrected chi connectivity index (χ0v) is 15.7. The van der Waals surface area contributed by atoms with Gasteiger partial charge in [-0.2, -0.15) is 9.36 Å². The van der Waals surface area contributed by atoms with Crippen molar-refractivity contribution in [3.63, 3.8) is 0 Å². The normalized spacial score (nSPS) is 10.5. The Kier molecular flexibility index (Phi) is 5.77. The molecule has 0 saturated heterocycles. The van der Waals surface area contributed by atoms with Gasteiger partial charge in [0.2, 0.25) is 5.13 Å². The highest BCUT2D eigenvalue weighted by Gasteiger charge is 2.11. The molecule has 0 atom stereocenters. The molecule has 0 spiro atoms. The minimum atomic E-state index is -0.288. The lowest BCUT2D eigenvalue weighted by Crippen LogP contribution is -2.34. The molecular formula is C19H19N5O2S. The molecule has 2 aromatic carbocycles. The number of hydrogen-bond donors (Lipinski definition) is 3. The van der Waals surface area contributed by atoms with Crippen molar-refractivity contribution in [1.82, 2.24) is 14.7 Å². The molecule has 27 heavy (non-hydrogen) atoms. The Labute approximate surface area is 161 Å². The van der Waals surface area contributed by atoms with Crippen LogP contribution in [0.15, 0.2) is 54.6 Å². The van der Waals surface area contributed by atoms with Gasteiger partial charge >= 0.3 is 6.03 Å². The van der Waals surface area contributed by atoms with Gasteiger partial charge in [0, 0.05) is 34.4 Å². The van der Waals surface area contributed by atoms with E-state index in [1.165, 1.54) is 0 Å². The van der Waals surface area contributed by atoms with Crippen LogP contribution < -0.4 is 16.0 Å². The summed E-state index contributed by atoms with van der Waals surface area (Å²) in [6.45, 7) is 3.76. The average molecular weight is 381 g/mol. The first-order valence-electron chi connectivity index (χ1n) is 8.39. The predicted octanol–water partition coefficient (Wildman–Crippen LogP) is 3.99. The Bertz CT molecular complexity index is 923. The van der Waals surface area contributed by atoms with E-state index < -0.39 is 0 Å². The molecule has 3 rings (SSSR count). The second kappa shape index (κ2) is 8.41. The van der Waals surface area contributed by atoms with Gasteiger partial charge in [-0.1, -0.05) is 30.3 Å². The first-order chi connectivity index (χ1) is 13.0. The van der Waals surface area contributed by atoms with Gasteiger partial charge in [0.25, 0.3) is 5.91 Å². The van der Waals surface area contributed by atoms with Gasteiger partial charge in [-0.3, -0.25) is 10.1 Å². The molecule has 1 aromatic heterocycles. The number of carbonyl (C=O) groups is 2. The summed E-state index contributed by atoms with van der Waals surface area (Å²) < 4.78 is 4.26. The molecule has 3 aromatic rings. The number of urea groups is 1. The van der Waals surface area contributed by atoms with Gasteiger partial charge in [-0.05, 0) is 38.1 Å². The molecule has 3 N–H and O–H groups in total. The standard InChI is InChI=1S/C19H19N5O2S/c1-12(2)20-18(26)21-15-10-8-14(9-11-15)17(25)23-19-22-16(24-27-19)13-6-4-3-5-7-13/h3-12H,1-2H3,(H2,20,21,26)(H,22,23,24,25). The minimum absolute atomic E-state index is 0.0442. The van der Waals surface area contributed by atoms with E-state index in [1.807, 2.05) is 44.2 Å². The number of nitrogens with one attached hydrogen (secondary N) is 3. The summed E-state index contributed by atoms with van der Waals surface area (Å²) in [5.74, 6) is 0.288. The van der Waals surface area contributed by atoms with E-state index in [1.54, 1.807) is 24.3 Å². The molecule has 8 heteroatoms. The fourth-order valence-electron chi connectivity index (χ4n) is 2.28. The van der Waals surface area contributed by atoms with E-state index in [0.29, 0.717) is 22.2 Å². The zero-order chi connectivity index (χ0) is 19.2. The van der Waals surface area contributed by atoms with Crippen molar-refractivity contribution in [1.29, 1.82) is 0 Å². The van der Waals surface area contributed by atoms with Crippen LogP contribution in [0.3, 0.4) is 0 Å². The van der Waals surface area contributed by atoms with E-state index in [0.717, 1.165) is 17.1 Å². The Balaban J connectivity index is 1.61. The Morgan fingerprint density at radius 2 is 1.67 bits per heavy atom. The van der Waals surface area contributed by atoms with Crippen molar-refractivity contribution in [2.24, 2.45) is 0 Å². The van der Waals surface area contributed by atoms with E-state index in [9.17, 15) is 9.59 Å². The van der Waals surface area contributed by atoms with E-state index >= 15 is 0 Å². The third-order valence-corrected chi connectivity index (χ3v) is 4.13. The second-order valence-electron chi connectivity index (χ2n) is 6.07. The van der Waals surface area contributed by atoms with Crippen LogP contribution in [0.5, 0.6) is 0 Å². The third-order valence-electron chi connectivity index (χ3n) is 3.50. The highest BCUT2D eigenvalue weighted by Crippen LogP contribution is 2.21. The number of carbonyl (C=O) groups excluding carboxylic acids is 2.